The molecule has 0 spiro atoms. The highest BCUT2D eigenvalue weighted by Gasteiger charge is 2.17. The Labute approximate surface area is 162 Å². The summed E-state index contributed by atoms with van der Waals surface area (Å²) < 4.78 is 5.65. The van der Waals surface area contributed by atoms with Crippen LogP contribution in [0.5, 0.6) is 0 Å². The molecule has 1 saturated heterocycles. The van der Waals surface area contributed by atoms with Gasteiger partial charge in [-0.05, 0) is 62.8 Å². The van der Waals surface area contributed by atoms with E-state index >= 15 is 0 Å². The van der Waals surface area contributed by atoms with Gasteiger partial charge in [-0.25, -0.2) is 0 Å². The number of pyridine rings is 1. The normalized spacial score (nSPS) is 16.5. The largest absolute Gasteiger partial charge is 0.378 e. The third-order valence-corrected chi connectivity index (χ3v) is 5.35. The highest BCUT2D eigenvalue weighted by atomic mass is 16.5. The van der Waals surface area contributed by atoms with Gasteiger partial charge in [-0.2, -0.15) is 0 Å². The number of ether oxygens (including phenoxy) is 1. The number of benzene rings is 1. The second-order valence-corrected chi connectivity index (χ2v) is 7.39. The van der Waals surface area contributed by atoms with E-state index in [-0.39, 0.29) is 5.91 Å². The molecule has 144 valence electrons. The number of hydrogen-bond acceptors (Lipinski definition) is 3. The lowest BCUT2D eigenvalue weighted by molar-refractivity contribution is 0.0763. The summed E-state index contributed by atoms with van der Waals surface area (Å²) in [5, 5.41) is 0. The first kappa shape index (κ1) is 19.6. The van der Waals surface area contributed by atoms with Crippen LogP contribution in [0.1, 0.15) is 54.2 Å². The molecule has 1 atom stereocenters. The van der Waals surface area contributed by atoms with Crippen molar-refractivity contribution in [3.05, 3.63) is 53.2 Å². The first-order chi connectivity index (χ1) is 13.1. The van der Waals surface area contributed by atoms with Crippen LogP contribution in [0.3, 0.4) is 0 Å². The summed E-state index contributed by atoms with van der Waals surface area (Å²) in [4.78, 5) is 19.2. The molecule has 1 aromatic heterocycles. The molecule has 0 bridgehead atoms. The maximum Gasteiger partial charge on any atom is 0.253 e. The molecule has 1 fully saturated rings. The summed E-state index contributed by atoms with van der Waals surface area (Å²) >= 11 is 0. The van der Waals surface area contributed by atoms with Crippen LogP contribution in [-0.2, 0) is 11.2 Å². The SMILES string of the molecule is CCc1nc(-c2ccc(C(=O)N(C)CCCC3CCCO3)cc2)ccc1C. The van der Waals surface area contributed by atoms with E-state index in [4.69, 9.17) is 9.72 Å². The minimum Gasteiger partial charge on any atom is -0.378 e. The van der Waals surface area contributed by atoms with Gasteiger partial charge in [0.1, 0.15) is 0 Å². The molecule has 1 amide bonds. The first-order valence-corrected chi connectivity index (χ1v) is 10.0. The Hall–Kier alpha value is -2.20. The monoisotopic (exact) mass is 366 g/mol. The van der Waals surface area contributed by atoms with E-state index in [2.05, 4.69) is 19.9 Å². The predicted octanol–water partition coefficient (Wildman–Crippen LogP) is 4.65. The molecule has 3 rings (SSSR count). The fraction of sp³-hybridized carbons (Fsp3) is 0.478. The summed E-state index contributed by atoms with van der Waals surface area (Å²) in [6, 6.07) is 11.9. The van der Waals surface area contributed by atoms with Gasteiger partial charge in [0.25, 0.3) is 5.91 Å². The van der Waals surface area contributed by atoms with E-state index in [1.54, 1.807) is 0 Å². The number of carbonyl (C=O) groups is 1. The average molecular weight is 367 g/mol. The fourth-order valence-electron chi connectivity index (χ4n) is 3.62. The molecule has 4 nitrogen and oxygen atoms in total. The molecule has 27 heavy (non-hydrogen) atoms. The Bertz CT molecular complexity index is 764. The van der Waals surface area contributed by atoms with Gasteiger partial charge in [-0.3, -0.25) is 9.78 Å². The Morgan fingerprint density at radius 2 is 2.00 bits per heavy atom. The van der Waals surface area contributed by atoms with Gasteiger partial charge >= 0.3 is 0 Å². The van der Waals surface area contributed by atoms with Crippen LogP contribution in [0.2, 0.25) is 0 Å². The van der Waals surface area contributed by atoms with Gasteiger partial charge in [-0.1, -0.05) is 25.1 Å². The number of rotatable bonds is 7. The first-order valence-electron chi connectivity index (χ1n) is 10.0. The van der Waals surface area contributed by atoms with Crippen molar-refractivity contribution in [2.24, 2.45) is 0 Å². The molecule has 4 heteroatoms. The van der Waals surface area contributed by atoms with Crippen LogP contribution in [0.25, 0.3) is 11.3 Å². The van der Waals surface area contributed by atoms with Crippen molar-refractivity contribution in [2.75, 3.05) is 20.2 Å². The van der Waals surface area contributed by atoms with Crippen molar-refractivity contribution in [3.63, 3.8) is 0 Å². The number of carbonyl (C=O) groups excluding carboxylic acids is 1. The van der Waals surface area contributed by atoms with Gasteiger partial charge in [-0.15, -0.1) is 0 Å². The van der Waals surface area contributed by atoms with Crippen molar-refractivity contribution in [3.8, 4) is 11.3 Å². The van der Waals surface area contributed by atoms with Crippen LogP contribution >= 0.6 is 0 Å². The van der Waals surface area contributed by atoms with Gasteiger partial charge in [0.15, 0.2) is 0 Å². The molecule has 2 aromatic rings. The number of nitrogens with zero attached hydrogens (tertiary/aromatic N) is 2. The highest BCUT2D eigenvalue weighted by Crippen LogP contribution is 2.21. The standard InChI is InChI=1S/C23H30N2O2/c1-4-21-17(2)9-14-22(24-21)18-10-12-19(13-11-18)23(26)25(3)15-5-7-20-8-6-16-27-20/h9-14,20H,4-8,15-16H2,1-3H3. The lowest BCUT2D eigenvalue weighted by Crippen LogP contribution is -2.28. The third kappa shape index (κ3) is 4.95. The minimum atomic E-state index is 0.0694. The van der Waals surface area contributed by atoms with E-state index in [1.807, 2.05) is 42.3 Å². The van der Waals surface area contributed by atoms with Gasteiger partial charge in [0.05, 0.1) is 11.8 Å². The second-order valence-electron chi connectivity index (χ2n) is 7.39. The number of aromatic nitrogens is 1. The molecule has 0 N–H and O–H groups in total. The van der Waals surface area contributed by atoms with Crippen LogP contribution in [0, 0.1) is 6.92 Å². The Morgan fingerprint density at radius 1 is 1.22 bits per heavy atom. The molecule has 0 aliphatic carbocycles. The van der Waals surface area contributed by atoms with Crippen LogP contribution in [-0.4, -0.2) is 42.1 Å². The molecular formula is C23H30N2O2. The van der Waals surface area contributed by atoms with E-state index in [9.17, 15) is 4.79 Å². The molecule has 0 radical (unpaired) electrons. The van der Waals surface area contributed by atoms with E-state index in [1.165, 1.54) is 12.0 Å². The zero-order valence-corrected chi connectivity index (χ0v) is 16.7. The summed E-state index contributed by atoms with van der Waals surface area (Å²) in [6.45, 7) is 5.86. The van der Waals surface area contributed by atoms with E-state index < -0.39 is 0 Å². The van der Waals surface area contributed by atoms with Crippen molar-refractivity contribution < 1.29 is 9.53 Å². The van der Waals surface area contributed by atoms with Gasteiger partial charge in [0, 0.05) is 37.0 Å². The zero-order valence-electron chi connectivity index (χ0n) is 16.7. The molecule has 1 unspecified atom stereocenters. The van der Waals surface area contributed by atoms with Crippen LogP contribution < -0.4 is 0 Å². The summed E-state index contributed by atoms with van der Waals surface area (Å²) in [6.07, 6.45) is 5.66. The van der Waals surface area contributed by atoms with Gasteiger partial charge < -0.3 is 9.64 Å². The lowest BCUT2D eigenvalue weighted by atomic mass is 10.1. The molecule has 0 saturated carbocycles. The highest BCUT2D eigenvalue weighted by molar-refractivity contribution is 5.94. The minimum absolute atomic E-state index is 0.0694. The van der Waals surface area contributed by atoms with Crippen molar-refractivity contribution in [1.29, 1.82) is 0 Å². The van der Waals surface area contributed by atoms with Crippen molar-refractivity contribution in [1.82, 2.24) is 9.88 Å². The molecule has 1 aromatic carbocycles. The Kier molecular flexibility index (Phi) is 6.62. The lowest BCUT2D eigenvalue weighted by Gasteiger charge is -2.18. The van der Waals surface area contributed by atoms with Crippen molar-refractivity contribution >= 4 is 5.91 Å². The predicted molar refractivity (Wildman–Crippen MR) is 109 cm³/mol. The molecular weight excluding hydrogens is 336 g/mol. The van der Waals surface area contributed by atoms with Crippen LogP contribution in [0.15, 0.2) is 36.4 Å². The molecule has 1 aliphatic heterocycles. The quantitative estimate of drug-likeness (QED) is 0.716. The maximum atomic E-state index is 12.6. The number of hydrogen-bond donors (Lipinski definition) is 0. The average Bonchev–Trinajstić information content (AvgIpc) is 3.21. The topological polar surface area (TPSA) is 42.4 Å². The summed E-state index contributed by atoms with van der Waals surface area (Å²) in [5.74, 6) is 0.0694. The molecule has 2 heterocycles. The Morgan fingerprint density at radius 3 is 2.67 bits per heavy atom. The van der Waals surface area contributed by atoms with E-state index in [0.717, 1.165) is 61.3 Å². The Balaban J connectivity index is 1.59. The maximum absolute atomic E-state index is 12.6. The third-order valence-electron chi connectivity index (χ3n) is 5.35. The van der Waals surface area contributed by atoms with Crippen molar-refractivity contribution in [2.45, 2.75) is 52.1 Å². The fourth-order valence-corrected chi connectivity index (χ4v) is 3.62. The van der Waals surface area contributed by atoms with Gasteiger partial charge in [0.2, 0.25) is 0 Å². The second kappa shape index (κ2) is 9.14. The summed E-state index contributed by atoms with van der Waals surface area (Å²) in [5.41, 5.74) is 5.07. The summed E-state index contributed by atoms with van der Waals surface area (Å²) in [7, 11) is 1.88. The van der Waals surface area contributed by atoms with E-state index in [0.29, 0.717) is 6.10 Å². The number of aryl methyl sites for hydroxylation is 2. The van der Waals surface area contributed by atoms with Crippen LogP contribution in [0.4, 0.5) is 0 Å². The number of amides is 1. The zero-order chi connectivity index (χ0) is 19.2. The smallest absolute Gasteiger partial charge is 0.253 e. The molecule has 1 aliphatic rings.